The van der Waals surface area contributed by atoms with Crippen LogP contribution in [0.3, 0.4) is 0 Å². The van der Waals surface area contributed by atoms with Gasteiger partial charge in [-0.15, -0.1) is 0 Å². The topological polar surface area (TPSA) is 113 Å². The van der Waals surface area contributed by atoms with Gasteiger partial charge >= 0.3 is 0 Å². The third-order valence-corrected chi connectivity index (χ3v) is 11.6. The standard InChI is InChI=1S/C17H38O4Si.C16H37NO3Si/c1-15(2)12-21-13-16(3)8-9-17(18)14-20-10-7-11-22(5,6)19-4;1-14(11-20-12-15(2)17)7-8-16(18)13-19-9-6-10-21(3,4)5/h15-18H,7-14H2,1-6H3;14-16,18H,6-13,17H2,1-5H3. The normalized spacial score (nSPS) is 16.0. The van der Waals surface area contributed by atoms with Crippen molar-refractivity contribution in [2.75, 3.05) is 60.0 Å². The van der Waals surface area contributed by atoms with Crippen molar-refractivity contribution in [3.8, 4) is 0 Å². The maximum Gasteiger partial charge on any atom is 0.186 e. The first-order valence-electron chi connectivity index (χ1n) is 16.9. The number of hydrogen-bond acceptors (Lipinski definition) is 8. The lowest BCUT2D eigenvalue weighted by Gasteiger charge is -2.20. The molecule has 0 amide bonds. The monoisotopic (exact) mass is 654 g/mol. The van der Waals surface area contributed by atoms with Gasteiger partial charge in [0.2, 0.25) is 0 Å². The second kappa shape index (κ2) is 27.2. The minimum atomic E-state index is -1.46. The highest BCUT2D eigenvalue weighted by Crippen LogP contribution is 2.14. The van der Waals surface area contributed by atoms with E-state index in [0.29, 0.717) is 50.8 Å². The van der Waals surface area contributed by atoms with Gasteiger partial charge in [-0.2, -0.15) is 0 Å². The minimum Gasteiger partial charge on any atom is -0.420 e. The average molecular weight is 654 g/mol. The first-order valence-corrected chi connectivity index (χ1v) is 23.8. The van der Waals surface area contributed by atoms with Crippen molar-refractivity contribution in [3.63, 3.8) is 0 Å². The van der Waals surface area contributed by atoms with Crippen LogP contribution in [0.15, 0.2) is 0 Å². The van der Waals surface area contributed by atoms with E-state index < -0.39 is 16.4 Å². The minimum absolute atomic E-state index is 0.0901. The third-order valence-electron chi connectivity index (χ3n) is 7.08. The van der Waals surface area contributed by atoms with E-state index in [2.05, 4.69) is 60.4 Å². The van der Waals surface area contributed by atoms with E-state index in [9.17, 15) is 10.2 Å². The van der Waals surface area contributed by atoms with Crippen LogP contribution in [0.4, 0.5) is 0 Å². The van der Waals surface area contributed by atoms with Gasteiger partial charge in [-0.25, -0.2) is 0 Å². The van der Waals surface area contributed by atoms with Gasteiger partial charge in [0, 0.05) is 54.3 Å². The lowest BCUT2D eigenvalue weighted by atomic mass is 10.0. The second-order valence-electron chi connectivity index (χ2n) is 15.0. The second-order valence-corrected chi connectivity index (χ2v) is 25.0. The molecular formula is C33H75NO7Si2. The fourth-order valence-corrected chi connectivity index (χ4v) is 6.50. The summed E-state index contributed by atoms with van der Waals surface area (Å²) in [5.74, 6) is 1.52. The molecule has 0 fully saturated rings. The quantitative estimate of drug-likeness (QED) is 0.0675. The lowest BCUT2D eigenvalue weighted by Crippen LogP contribution is -2.28. The Morgan fingerprint density at radius 2 is 1.02 bits per heavy atom. The molecule has 0 saturated heterocycles. The Bertz CT molecular complexity index is 606. The molecule has 0 aliphatic rings. The molecule has 0 aliphatic heterocycles. The predicted octanol–water partition coefficient (Wildman–Crippen LogP) is 6.57. The number of aliphatic hydroxyl groups excluding tert-OH is 2. The molecule has 262 valence electrons. The Labute approximate surface area is 269 Å². The number of nitrogens with two attached hydrogens (primary N) is 1. The Hall–Kier alpha value is 0.114. The van der Waals surface area contributed by atoms with Crippen molar-refractivity contribution < 1.29 is 33.6 Å². The van der Waals surface area contributed by atoms with E-state index in [1.807, 2.05) is 6.92 Å². The van der Waals surface area contributed by atoms with Crippen LogP contribution >= 0.6 is 0 Å². The summed E-state index contributed by atoms with van der Waals surface area (Å²) >= 11 is 0. The molecule has 0 radical (unpaired) electrons. The summed E-state index contributed by atoms with van der Waals surface area (Å²) in [4.78, 5) is 0. The Balaban J connectivity index is 0. The molecule has 5 atom stereocenters. The SMILES string of the molecule is CC(N)COCC(C)CCC(O)COCCC[Si](C)(C)C.CO[Si](C)(C)CCCOCC(O)CCC(C)COCC(C)C. The molecule has 0 spiro atoms. The fourth-order valence-electron chi connectivity index (χ4n) is 4.09. The van der Waals surface area contributed by atoms with Crippen LogP contribution in [0.5, 0.6) is 0 Å². The van der Waals surface area contributed by atoms with Gasteiger partial charge in [0.05, 0.1) is 32.0 Å². The van der Waals surface area contributed by atoms with E-state index >= 15 is 0 Å². The Kier molecular flexibility index (Phi) is 28.7. The molecular weight excluding hydrogens is 579 g/mol. The molecule has 0 aliphatic carbocycles. The van der Waals surface area contributed by atoms with Gasteiger partial charge in [-0.05, 0) is 82.3 Å². The lowest BCUT2D eigenvalue weighted by molar-refractivity contribution is 0.0247. The highest BCUT2D eigenvalue weighted by atomic mass is 28.4. The highest BCUT2D eigenvalue weighted by Gasteiger charge is 2.19. The van der Waals surface area contributed by atoms with Crippen LogP contribution in [0.25, 0.3) is 0 Å². The van der Waals surface area contributed by atoms with Crippen molar-refractivity contribution in [3.05, 3.63) is 0 Å². The molecule has 0 saturated carbocycles. The summed E-state index contributed by atoms with van der Waals surface area (Å²) < 4.78 is 27.7. The molecule has 0 heterocycles. The van der Waals surface area contributed by atoms with Crippen LogP contribution < -0.4 is 5.73 Å². The first-order chi connectivity index (χ1) is 20.0. The van der Waals surface area contributed by atoms with Crippen molar-refractivity contribution in [1.82, 2.24) is 0 Å². The van der Waals surface area contributed by atoms with E-state index in [-0.39, 0.29) is 18.2 Å². The first kappa shape index (κ1) is 45.2. The zero-order valence-corrected chi connectivity index (χ0v) is 32.3. The van der Waals surface area contributed by atoms with E-state index in [0.717, 1.165) is 64.4 Å². The number of rotatable bonds is 27. The summed E-state index contributed by atoms with van der Waals surface area (Å²) in [7, 11) is -0.618. The molecule has 0 bridgehead atoms. The van der Waals surface area contributed by atoms with Gasteiger partial charge in [-0.1, -0.05) is 53.4 Å². The largest absolute Gasteiger partial charge is 0.420 e. The summed E-state index contributed by atoms with van der Waals surface area (Å²) in [5, 5.41) is 19.8. The molecule has 43 heavy (non-hydrogen) atoms. The van der Waals surface area contributed by atoms with Crippen LogP contribution in [0.1, 0.15) is 73.1 Å². The van der Waals surface area contributed by atoms with Crippen molar-refractivity contribution in [2.24, 2.45) is 23.5 Å². The number of hydrogen-bond donors (Lipinski definition) is 3. The summed E-state index contributed by atoms with van der Waals surface area (Å²) in [6, 6.07) is 2.48. The van der Waals surface area contributed by atoms with Crippen molar-refractivity contribution >= 4 is 16.4 Å². The van der Waals surface area contributed by atoms with Crippen molar-refractivity contribution in [1.29, 1.82) is 0 Å². The van der Waals surface area contributed by atoms with Gasteiger partial charge in [0.15, 0.2) is 8.32 Å². The smallest absolute Gasteiger partial charge is 0.186 e. The molecule has 5 unspecified atom stereocenters. The molecule has 10 heteroatoms. The fraction of sp³-hybridized carbons (Fsp3) is 1.00. The third kappa shape index (κ3) is 36.5. The van der Waals surface area contributed by atoms with Crippen LogP contribution in [0.2, 0.25) is 44.8 Å². The zero-order chi connectivity index (χ0) is 33.3. The van der Waals surface area contributed by atoms with E-state index in [1.54, 1.807) is 7.11 Å². The molecule has 0 aromatic heterocycles. The highest BCUT2D eigenvalue weighted by molar-refractivity contribution is 6.76. The van der Waals surface area contributed by atoms with E-state index in [1.165, 1.54) is 6.04 Å². The zero-order valence-electron chi connectivity index (χ0n) is 30.3. The maximum atomic E-state index is 9.94. The van der Waals surface area contributed by atoms with Gasteiger partial charge < -0.3 is 39.3 Å². The van der Waals surface area contributed by atoms with Crippen molar-refractivity contribution in [2.45, 2.75) is 136 Å². The molecule has 0 rings (SSSR count). The Morgan fingerprint density at radius 1 is 0.581 bits per heavy atom. The maximum absolute atomic E-state index is 9.94. The van der Waals surface area contributed by atoms with Gasteiger partial charge in [0.25, 0.3) is 0 Å². The molecule has 0 aromatic carbocycles. The average Bonchev–Trinajstić information content (AvgIpc) is 2.89. The molecule has 8 nitrogen and oxygen atoms in total. The predicted molar refractivity (Wildman–Crippen MR) is 187 cm³/mol. The van der Waals surface area contributed by atoms with Gasteiger partial charge in [0.1, 0.15) is 0 Å². The van der Waals surface area contributed by atoms with E-state index in [4.69, 9.17) is 29.1 Å². The summed E-state index contributed by atoms with van der Waals surface area (Å²) in [6.45, 7) is 27.4. The molecule has 4 N–H and O–H groups in total. The van der Waals surface area contributed by atoms with Crippen LogP contribution in [-0.2, 0) is 23.4 Å². The summed E-state index contributed by atoms with van der Waals surface area (Å²) in [6.07, 6.45) is 4.91. The van der Waals surface area contributed by atoms with Gasteiger partial charge in [-0.3, -0.25) is 0 Å². The van der Waals surface area contributed by atoms with Crippen LogP contribution in [0, 0.1) is 17.8 Å². The van der Waals surface area contributed by atoms with Crippen LogP contribution in [-0.4, -0.2) is 105 Å². The summed E-state index contributed by atoms with van der Waals surface area (Å²) in [5.41, 5.74) is 5.63. The number of ether oxygens (including phenoxy) is 4. The Morgan fingerprint density at radius 3 is 1.42 bits per heavy atom. The number of aliphatic hydroxyl groups is 2. The molecule has 0 aromatic rings.